The zero-order valence-electron chi connectivity index (χ0n) is 20.0. The number of halogens is 1. The van der Waals surface area contributed by atoms with Crippen LogP contribution in [0.5, 0.6) is 0 Å². The van der Waals surface area contributed by atoms with Crippen LogP contribution in [0.1, 0.15) is 57.8 Å². The Kier molecular flexibility index (Phi) is 7.78. The molecule has 0 aromatic heterocycles. The third kappa shape index (κ3) is 5.30. The molecule has 186 valence electrons. The molecule has 0 aromatic carbocycles. The predicted octanol–water partition coefficient (Wildman–Crippen LogP) is 3.31. The van der Waals surface area contributed by atoms with Crippen molar-refractivity contribution in [3.8, 4) is 0 Å². The smallest absolute Gasteiger partial charge is 0.225 e. The molecule has 4 atom stereocenters. The fraction of sp³-hybridized carbons (Fsp3) is 0.800. The molecule has 8 nitrogen and oxygen atoms in total. The lowest BCUT2D eigenvalue weighted by atomic mass is 9.81. The molecule has 34 heavy (non-hydrogen) atoms. The highest BCUT2D eigenvalue weighted by atomic mass is 79.9. The van der Waals surface area contributed by atoms with Gasteiger partial charge in [-0.25, -0.2) is 0 Å². The maximum absolute atomic E-state index is 13.1. The molecule has 5 rings (SSSR count). The van der Waals surface area contributed by atoms with Crippen LogP contribution in [0.4, 0.5) is 0 Å². The Morgan fingerprint density at radius 1 is 1.15 bits per heavy atom. The van der Waals surface area contributed by atoms with Gasteiger partial charge in [-0.2, -0.15) is 5.10 Å². The van der Waals surface area contributed by atoms with Gasteiger partial charge in [0.05, 0.1) is 4.83 Å². The van der Waals surface area contributed by atoms with Crippen LogP contribution in [-0.4, -0.2) is 83.5 Å². The van der Waals surface area contributed by atoms with E-state index in [1.807, 2.05) is 6.21 Å². The average molecular weight is 533 g/mol. The topological polar surface area (TPSA) is 96.5 Å². The Hall–Kier alpha value is -1.61. The van der Waals surface area contributed by atoms with Gasteiger partial charge in [-0.05, 0) is 63.5 Å². The fourth-order valence-electron chi connectivity index (χ4n) is 6.19. The summed E-state index contributed by atoms with van der Waals surface area (Å²) in [5.41, 5.74) is 1.30. The molecule has 1 saturated carbocycles. The van der Waals surface area contributed by atoms with Crippen molar-refractivity contribution in [2.24, 2.45) is 38.8 Å². The lowest BCUT2D eigenvalue weighted by Gasteiger charge is -2.41. The second-order valence-electron chi connectivity index (χ2n) is 10.6. The number of nitrogens with zero attached hydrogens (tertiary/aromatic N) is 5. The molecule has 2 fully saturated rings. The van der Waals surface area contributed by atoms with Gasteiger partial charge < -0.3 is 10.3 Å². The first-order chi connectivity index (χ1) is 16.6. The van der Waals surface area contributed by atoms with E-state index in [9.17, 15) is 4.79 Å². The van der Waals surface area contributed by atoms with Crippen LogP contribution >= 0.6 is 15.9 Å². The highest BCUT2D eigenvalue weighted by Crippen LogP contribution is 2.33. The predicted molar refractivity (Wildman–Crippen MR) is 140 cm³/mol. The highest BCUT2D eigenvalue weighted by molar-refractivity contribution is 9.10. The number of fused-ring (bicyclic) bond motifs is 1. The monoisotopic (exact) mass is 531 g/mol. The molecule has 0 radical (unpaired) electrons. The molecule has 0 aromatic rings. The van der Waals surface area contributed by atoms with E-state index < -0.39 is 0 Å². The van der Waals surface area contributed by atoms with E-state index in [4.69, 9.17) is 10.4 Å². The van der Waals surface area contributed by atoms with Crippen molar-refractivity contribution < 1.29 is 4.79 Å². The van der Waals surface area contributed by atoms with E-state index in [-0.39, 0.29) is 23.1 Å². The number of alkyl halides is 1. The summed E-state index contributed by atoms with van der Waals surface area (Å²) in [5, 5.41) is 18.0. The Bertz CT molecular complexity index is 829. The lowest BCUT2D eigenvalue weighted by Crippen LogP contribution is -2.54. The molecular weight excluding hydrogens is 494 g/mol. The van der Waals surface area contributed by atoms with Gasteiger partial charge >= 0.3 is 0 Å². The molecule has 5 aliphatic rings. The summed E-state index contributed by atoms with van der Waals surface area (Å²) in [7, 11) is 0. The summed E-state index contributed by atoms with van der Waals surface area (Å²) in [6.45, 7) is 3.57. The SMILES string of the molecule is N=CC1CCC(C(=O)N2CCC(C3=NC4C(Br)C=NN4C(NCC4C=NCCC4)C3)CC2)CC1. The molecule has 4 aliphatic heterocycles. The first-order valence-electron chi connectivity index (χ1n) is 13.2. The minimum atomic E-state index is 0.0185. The average Bonchev–Trinajstić information content (AvgIpc) is 3.28. The molecule has 2 N–H and O–H groups in total. The number of rotatable bonds is 6. The summed E-state index contributed by atoms with van der Waals surface area (Å²) < 4.78 is 0. The van der Waals surface area contributed by atoms with E-state index in [1.54, 1.807) is 6.21 Å². The summed E-state index contributed by atoms with van der Waals surface area (Å²) in [4.78, 5) is 25.0. The maximum atomic E-state index is 13.1. The minimum Gasteiger partial charge on any atom is -0.342 e. The van der Waals surface area contributed by atoms with Crippen molar-refractivity contribution in [1.82, 2.24) is 15.2 Å². The van der Waals surface area contributed by atoms with E-state index in [1.165, 1.54) is 18.6 Å². The van der Waals surface area contributed by atoms with Crippen LogP contribution in [0.15, 0.2) is 15.1 Å². The summed E-state index contributed by atoms with van der Waals surface area (Å²) in [5.74, 6) is 1.83. The van der Waals surface area contributed by atoms with Crippen molar-refractivity contribution in [2.75, 3.05) is 26.2 Å². The highest BCUT2D eigenvalue weighted by Gasteiger charge is 2.40. The number of hydrogen-bond donors (Lipinski definition) is 2. The Balaban J connectivity index is 1.17. The number of amides is 1. The standard InChI is InChI=1S/C25H38BrN7O/c26-21-16-30-33-23(29-15-18-2-1-9-28-14-18)12-22(31-24(21)33)19-7-10-32(11-8-19)25(34)20-5-3-17(13-27)4-6-20/h13-14,16-21,23-24,27,29H,1-12,15H2. The Morgan fingerprint density at radius 3 is 2.65 bits per heavy atom. The van der Waals surface area contributed by atoms with E-state index in [0.717, 1.165) is 71.1 Å². The second kappa shape index (κ2) is 11.0. The van der Waals surface area contributed by atoms with Gasteiger partial charge in [0.25, 0.3) is 0 Å². The molecule has 0 bridgehead atoms. The third-order valence-corrected chi connectivity index (χ3v) is 9.06. The van der Waals surface area contributed by atoms with Gasteiger partial charge in [-0.3, -0.25) is 25.1 Å². The van der Waals surface area contributed by atoms with Crippen molar-refractivity contribution in [2.45, 2.75) is 74.9 Å². The number of carbonyl (C=O) groups is 1. The van der Waals surface area contributed by atoms with Gasteiger partial charge in [-0.15, -0.1) is 0 Å². The minimum absolute atomic E-state index is 0.0185. The van der Waals surface area contributed by atoms with Crippen LogP contribution in [0.3, 0.4) is 0 Å². The number of nitrogens with one attached hydrogen (secondary N) is 2. The molecule has 9 heteroatoms. The second-order valence-corrected chi connectivity index (χ2v) is 11.6. The van der Waals surface area contributed by atoms with Gasteiger partial charge in [0.15, 0.2) is 6.17 Å². The molecule has 1 aliphatic carbocycles. The zero-order valence-corrected chi connectivity index (χ0v) is 21.6. The number of carbonyl (C=O) groups excluding carboxylic acids is 1. The number of hydrogen-bond acceptors (Lipinski definition) is 7. The number of likely N-dealkylation sites (tertiary alicyclic amines) is 1. The van der Waals surface area contributed by atoms with E-state index >= 15 is 0 Å². The largest absolute Gasteiger partial charge is 0.342 e. The van der Waals surface area contributed by atoms with Crippen molar-refractivity contribution in [3.05, 3.63) is 0 Å². The van der Waals surface area contributed by atoms with Crippen LogP contribution in [0.25, 0.3) is 0 Å². The van der Waals surface area contributed by atoms with Gasteiger partial charge in [-0.1, -0.05) is 15.9 Å². The lowest BCUT2D eigenvalue weighted by molar-refractivity contribution is -0.137. The van der Waals surface area contributed by atoms with Gasteiger partial charge in [0.2, 0.25) is 5.91 Å². The van der Waals surface area contributed by atoms with Crippen LogP contribution in [0.2, 0.25) is 0 Å². The van der Waals surface area contributed by atoms with Gasteiger partial charge in [0, 0.05) is 68.5 Å². The van der Waals surface area contributed by atoms with Crippen LogP contribution in [-0.2, 0) is 4.79 Å². The molecule has 0 spiro atoms. The third-order valence-electron chi connectivity index (χ3n) is 8.35. The van der Waals surface area contributed by atoms with Crippen molar-refractivity contribution in [3.63, 3.8) is 0 Å². The molecule has 1 saturated heterocycles. The van der Waals surface area contributed by atoms with E-state index in [0.29, 0.717) is 23.7 Å². The zero-order chi connectivity index (χ0) is 23.5. The Labute approximate surface area is 211 Å². The van der Waals surface area contributed by atoms with Crippen LogP contribution in [0, 0.1) is 29.1 Å². The normalized spacial score (nSPS) is 36.3. The quantitative estimate of drug-likeness (QED) is 0.406. The fourth-order valence-corrected chi connectivity index (χ4v) is 6.65. The Morgan fingerprint density at radius 2 is 1.94 bits per heavy atom. The van der Waals surface area contributed by atoms with Crippen LogP contribution < -0.4 is 5.32 Å². The molecule has 4 heterocycles. The number of aliphatic imine (C=N–C) groups is 2. The molecule has 4 unspecified atom stereocenters. The molecular formula is C25H38BrN7O. The summed E-state index contributed by atoms with van der Waals surface area (Å²) in [6, 6.07) is 0. The van der Waals surface area contributed by atoms with Crippen molar-refractivity contribution in [1.29, 1.82) is 5.41 Å². The summed E-state index contributed by atoms with van der Waals surface area (Å²) >= 11 is 3.75. The number of piperidine rings is 1. The number of hydrazone groups is 1. The maximum Gasteiger partial charge on any atom is 0.225 e. The summed E-state index contributed by atoms with van der Waals surface area (Å²) in [6.07, 6.45) is 15.0. The van der Waals surface area contributed by atoms with Gasteiger partial charge in [0.1, 0.15) is 6.17 Å². The first-order valence-corrected chi connectivity index (χ1v) is 14.1. The van der Waals surface area contributed by atoms with E-state index in [2.05, 4.69) is 47.5 Å². The first kappa shape index (κ1) is 24.1. The molecule has 1 amide bonds. The van der Waals surface area contributed by atoms with Crippen molar-refractivity contribution >= 4 is 46.2 Å².